The monoisotopic (exact) mass is 180 g/mol. The molecule has 1 saturated heterocycles. The number of hydrogen-bond acceptors (Lipinski definition) is 2. The molecule has 1 atom stereocenters. The van der Waals surface area contributed by atoms with Gasteiger partial charge in [0.2, 0.25) is 0 Å². The van der Waals surface area contributed by atoms with Crippen molar-refractivity contribution in [1.82, 2.24) is 5.32 Å². The Morgan fingerprint density at radius 3 is 2.92 bits per heavy atom. The van der Waals surface area contributed by atoms with Gasteiger partial charge in [0.05, 0.1) is 5.69 Å². The minimum absolute atomic E-state index is 0.224. The highest BCUT2D eigenvalue weighted by Gasteiger charge is 2.16. The summed E-state index contributed by atoms with van der Waals surface area (Å²) in [4.78, 5) is 0. The van der Waals surface area contributed by atoms with Crippen LogP contribution in [0.15, 0.2) is 18.2 Å². The third kappa shape index (κ3) is 1.65. The van der Waals surface area contributed by atoms with Gasteiger partial charge in [0.15, 0.2) is 0 Å². The van der Waals surface area contributed by atoms with Gasteiger partial charge in [-0.3, -0.25) is 0 Å². The number of anilines is 1. The van der Waals surface area contributed by atoms with Gasteiger partial charge in [-0.1, -0.05) is 6.07 Å². The first kappa shape index (κ1) is 8.51. The van der Waals surface area contributed by atoms with Crippen LogP contribution in [0.3, 0.4) is 0 Å². The molecule has 1 aliphatic rings. The molecule has 0 amide bonds. The smallest absolute Gasteiger partial charge is 0.146 e. The van der Waals surface area contributed by atoms with E-state index in [2.05, 4.69) is 5.32 Å². The lowest BCUT2D eigenvalue weighted by Gasteiger charge is -2.10. The maximum atomic E-state index is 13.1. The summed E-state index contributed by atoms with van der Waals surface area (Å²) in [6.07, 6.45) is 2.25. The Hall–Kier alpha value is -1.09. The standard InChI is InChI=1S/C10H13FN2/c11-8-6-7(3-4-9(8)12)10-2-1-5-13-10/h3-4,6,10,13H,1-2,5,12H2/t10-/m1/s1. The van der Waals surface area contributed by atoms with E-state index in [9.17, 15) is 4.39 Å². The minimum atomic E-state index is -0.314. The molecule has 0 aliphatic carbocycles. The Kier molecular flexibility index (Phi) is 2.19. The molecule has 3 heteroatoms. The third-order valence-corrected chi connectivity index (χ3v) is 2.49. The maximum absolute atomic E-state index is 13.1. The average molecular weight is 180 g/mol. The van der Waals surface area contributed by atoms with E-state index >= 15 is 0 Å². The van der Waals surface area contributed by atoms with Crippen LogP contribution in [0.5, 0.6) is 0 Å². The van der Waals surface area contributed by atoms with E-state index in [4.69, 9.17) is 5.73 Å². The first-order valence-corrected chi connectivity index (χ1v) is 4.55. The summed E-state index contributed by atoms with van der Waals surface area (Å²) in [5.74, 6) is -0.314. The van der Waals surface area contributed by atoms with Crippen LogP contribution in [0.1, 0.15) is 24.4 Å². The summed E-state index contributed by atoms with van der Waals surface area (Å²) < 4.78 is 13.1. The molecule has 3 N–H and O–H groups in total. The van der Waals surface area contributed by atoms with Gasteiger partial charge < -0.3 is 11.1 Å². The highest BCUT2D eigenvalue weighted by Crippen LogP contribution is 2.24. The zero-order valence-corrected chi connectivity index (χ0v) is 7.39. The fourth-order valence-corrected chi connectivity index (χ4v) is 1.73. The van der Waals surface area contributed by atoms with Crippen molar-refractivity contribution in [3.05, 3.63) is 29.6 Å². The maximum Gasteiger partial charge on any atom is 0.146 e. The second-order valence-electron chi connectivity index (χ2n) is 3.43. The fourth-order valence-electron chi connectivity index (χ4n) is 1.73. The molecular formula is C10H13FN2. The molecule has 0 aromatic heterocycles. The fraction of sp³-hybridized carbons (Fsp3) is 0.400. The first-order valence-electron chi connectivity index (χ1n) is 4.55. The lowest BCUT2D eigenvalue weighted by molar-refractivity contribution is 0.610. The summed E-state index contributed by atoms with van der Waals surface area (Å²) in [5.41, 5.74) is 6.62. The molecule has 0 radical (unpaired) electrons. The molecule has 1 aromatic carbocycles. The molecule has 2 nitrogen and oxygen atoms in total. The summed E-state index contributed by atoms with van der Waals surface area (Å²) in [5, 5.41) is 3.31. The van der Waals surface area contributed by atoms with E-state index in [-0.39, 0.29) is 11.5 Å². The molecule has 0 spiro atoms. The molecule has 0 unspecified atom stereocenters. The van der Waals surface area contributed by atoms with Gasteiger partial charge in [-0.05, 0) is 37.1 Å². The van der Waals surface area contributed by atoms with Crippen molar-refractivity contribution >= 4 is 5.69 Å². The van der Waals surface area contributed by atoms with Gasteiger partial charge in [-0.2, -0.15) is 0 Å². The van der Waals surface area contributed by atoms with Crippen LogP contribution in [0.25, 0.3) is 0 Å². The second-order valence-corrected chi connectivity index (χ2v) is 3.43. The largest absolute Gasteiger partial charge is 0.396 e. The number of nitrogens with two attached hydrogens (primary N) is 1. The SMILES string of the molecule is Nc1ccc([C@H]2CCCN2)cc1F. The van der Waals surface area contributed by atoms with Crippen LogP contribution in [0.4, 0.5) is 10.1 Å². The zero-order valence-electron chi connectivity index (χ0n) is 7.39. The number of rotatable bonds is 1. The zero-order chi connectivity index (χ0) is 9.26. The Bertz CT molecular complexity index is 306. The molecule has 1 aromatic rings. The predicted octanol–water partition coefficient (Wildman–Crippen LogP) is 1.83. The normalized spacial score (nSPS) is 22.1. The predicted molar refractivity (Wildman–Crippen MR) is 50.8 cm³/mol. The molecule has 1 fully saturated rings. The molecule has 1 heterocycles. The molecule has 70 valence electrons. The van der Waals surface area contributed by atoms with Crippen molar-refractivity contribution in [3.63, 3.8) is 0 Å². The number of hydrogen-bond donors (Lipinski definition) is 2. The number of nitrogen functional groups attached to an aromatic ring is 1. The van der Waals surface area contributed by atoms with Crippen molar-refractivity contribution in [2.75, 3.05) is 12.3 Å². The van der Waals surface area contributed by atoms with E-state index in [1.165, 1.54) is 6.07 Å². The van der Waals surface area contributed by atoms with Crippen LogP contribution in [-0.2, 0) is 0 Å². The van der Waals surface area contributed by atoms with E-state index in [0.717, 1.165) is 24.9 Å². The lowest BCUT2D eigenvalue weighted by atomic mass is 10.0. The Morgan fingerprint density at radius 2 is 2.31 bits per heavy atom. The van der Waals surface area contributed by atoms with Crippen LogP contribution in [0, 0.1) is 5.82 Å². The van der Waals surface area contributed by atoms with Gasteiger partial charge in [-0.25, -0.2) is 4.39 Å². The highest BCUT2D eigenvalue weighted by atomic mass is 19.1. The Balaban J connectivity index is 2.25. The molecule has 13 heavy (non-hydrogen) atoms. The van der Waals surface area contributed by atoms with Crippen LogP contribution >= 0.6 is 0 Å². The quantitative estimate of drug-likeness (QED) is 0.647. The number of benzene rings is 1. The van der Waals surface area contributed by atoms with Crippen LogP contribution in [-0.4, -0.2) is 6.54 Å². The third-order valence-electron chi connectivity index (χ3n) is 2.49. The lowest BCUT2D eigenvalue weighted by Crippen LogP contribution is -2.13. The number of halogens is 1. The molecule has 2 rings (SSSR count). The summed E-state index contributed by atoms with van der Waals surface area (Å²) in [6, 6.07) is 5.36. The first-order chi connectivity index (χ1) is 6.27. The van der Waals surface area contributed by atoms with E-state index in [1.54, 1.807) is 6.07 Å². The van der Waals surface area contributed by atoms with Gasteiger partial charge in [0.1, 0.15) is 5.82 Å². The van der Waals surface area contributed by atoms with Crippen molar-refractivity contribution in [3.8, 4) is 0 Å². The van der Waals surface area contributed by atoms with Crippen molar-refractivity contribution < 1.29 is 4.39 Å². The van der Waals surface area contributed by atoms with Crippen LogP contribution in [0.2, 0.25) is 0 Å². The molecule has 0 saturated carbocycles. The minimum Gasteiger partial charge on any atom is -0.396 e. The second kappa shape index (κ2) is 3.34. The highest BCUT2D eigenvalue weighted by molar-refractivity contribution is 5.42. The summed E-state index contributed by atoms with van der Waals surface area (Å²) in [6.45, 7) is 1.02. The van der Waals surface area contributed by atoms with Crippen LogP contribution < -0.4 is 11.1 Å². The molecular weight excluding hydrogens is 167 g/mol. The Morgan fingerprint density at radius 1 is 1.46 bits per heavy atom. The summed E-state index contributed by atoms with van der Waals surface area (Å²) in [7, 11) is 0. The molecule has 0 bridgehead atoms. The van der Waals surface area contributed by atoms with E-state index in [1.807, 2.05) is 6.07 Å². The number of nitrogens with one attached hydrogen (secondary N) is 1. The van der Waals surface area contributed by atoms with Gasteiger partial charge in [0, 0.05) is 6.04 Å². The average Bonchev–Trinajstić information content (AvgIpc) is 2.62. The topological polar surface area (TPSA) is 38.0 Å². The van der Waals surface area contributed by atoms with E-state index < -0.39 is 0 Å². The van der Waals surface area contributed by atoms with Gasteiger partial charge in [-0.15, -0.1) is 0 Å². The van der Waals surface area contributed by atoms with Gasteiger partial charge >= 0.3 is 0 Å². The Labute approximate surface area is 76.9 Å². The van der Waals surface area contributed by atoms with Gasteiger partial charge in [0.25, 0.3) is 0 Å². The van der Waals surface area contributed by atoms with Crippen molar-refractivity contribution in [2.24, 2.45) is 0 Å². The van der Waals surface area contributed by atoms with E-state index in [0.29, 0.717) is 6.04 Å². The van der Waals surface area contributed by atoms with Crippen molar-refractivity contribution in [2.45, 2.75) is 18.9 Å². The summed E-state index contributed by atoms with van der Waals surface area (Å²) >= 11 is 0. The van der Waals surface area contributed by atoms with Crippen molar-refractivity contribution in [1.29, 1.82) is 0 Å². The molecule has 1 aliphatic heterocycles.